The second-order valence-corrected chi connectivity index (χ2v) is 22.5. The van der Waals surface area contributed by atoms with Crippen molar-refractivity contribution < 1.29 is 89.4 Å². The van der Waals surface area contributed by atoms with Crippen LogP contribution < -0.4 is 5.32 Å². The van der Waals surface area contributed by atoms with Gasteiger partial charge in [0.05, 0.1) is 38.6 Å². The van der Waals surface area contributed by atoms with E-state index in [-0.39, 0.29) is 18.9 Å². The first-order valence-electron chi connectivity index (χ1n) is 31.2. The van der Waals surface area contributed by atoms with Crippen LogP contribution in [0, 0.1) is 0 Å². The number of carbonyl (C=O) groups is 1. The highest BCUT2D eigenvalue weighted by Crippen LogP contribution is 2.33. The topological polar surface area (TPSA) is 307 Å². The van der Waals surface area contributed by atoms with Gasteiger partial charge in [-0.3, -0.25) is 4.79 Å². The molecule has 3 aliphatic rings. The van der Waals surface area contributed by atoms with Crippen molar-refractivity contribution in [2.75, 3.05) is 26.4 Å². The Morgan fingerprint density at radius 3 is 1.30 bits per heavy atom. The standard InChI is InChI=1S/C61H111NO18/c1-3-5-7-9-11-13-15-17-19-20-21-22-23-25-26-28-30-32-34-36-38-45(66)44(62-49(67)39-37-35-33-31-29-27-24-18-16-14-12-10-8-6-4-2)43-75-59-55(73)52(70)57(47(41-64)77-59)80-61-56(74)53(71)58(48(42-65)78-61)79-60-54(72)51(69)50(68)46(40-63)76-60/h12,14,18,24,36,38,44-48,50-61,63-66,68-74H,3-11,13,15-17,19-23,25-35,37,39-43H2,1-2H3,(H,62,67)/b14-12-,24-18-,38-36+. The number of nitrogens with one attached hydrogen (secondary N) is 1. The summed E-state index contributed by atoms with van der Waals surface area (Å²) in [6, 6.07) is -0.979. The van der Waals surface area contributed by atoms with E-state index >= 15 is 0 Å². The molecule has 12 N–H and O–H groups in total. The summed E-state index contributed by atoms with van der Waals surface area (Å²) in [6.45, 7) is 1.69. The zero-order chi connectivity index (χ0) is 58.3. The zero-order valence-corrected chi connectivity index (χ0v) is 48.8. The summed E-state index contributed by atoms with van der Waals surface area (Å²) in [4.78, 5) is 13.3. The second kappa shape index (κ2) is 44.5. The molecule has 3 saturated heterocycles. The number of allylic oxidation sites excluding steroid dienone is 5. The number of aliphatic hydroxyl groups excluding tert-OH is 11. The number of rotatable bonds is 46. The molecule has 0 aromatic carbocycles. The van der Waals surface area contributed by atoms with Gasteiger partial charge in [0.15, 0.2) is 18.9 Å². The zero-order valence-electron chi connectivity index (χ0n) is 48.8. The Morgan fingerprint density at radius 1 is 0.450 bits per heavy atom. The number of amides is 1. The Labute approximate surface area is 479 Å². The van der Waals surface area contributed by atoms with Crippen molar-refractivity contribution in [2.24, 2.45) is 0 Å². The van der Waals surface area contributed by atoms with Crippen molar-refractivity contribution in [3.05, 3.63) is 36.5 Å². The number of carbonyl (C=O) groups excluding carboxylic acids is 1. The van der Waals surface area contributed by atoms with Gasteiger partial charge in [-0.05, 0) is 51.4 Å². The normalized spacial score (nSPS) is 30.2. The van der Waals surface area contributed by atoms with Gasteiger partial charge in [0.2, 0.25) is 5.91 Å². The third-order valence-electron chi connectivity index (χ3n) is 15.7. The maximum absolute atomic E-state index is 13.3. The van der Waals surface area contributed by atoms with Gasteiger partial charge in [0.25, 0.3) is 0 Å². The predicted octanol–water partition coefficient (Wildman–Crippen LogP) is 6.10. The van der Waals surface area contributed by atoms with E-state index in [2.05, 4.69) is 43.5 Å². The highest BCUT2D eigenvalue weighted by molar-refractivity contribution is 5.76. The Morgan fingerprint density at radius 2 is 0.825 bits per heavy atom. The highest BCUT2D eigenvalue weighted by Gasteiger charge is 2.53. The van der Waals surface area contributed by atoms with Crippen LogP contribution in [0.15, 0.2) is 36.5 Å². The molecule has 3 aliphatic heterocycles. The van der Waals surface area contributed by atoms with E-state index in [4.69, 9.17) is 28.4 Å². The van der Waals surface area contributed by atoms with E-state index in [0.29, 0.717) is 6.42 Å². The number of hydrogen-bond acceptors (Lipinski definition) is 18. The molecule has 0 radical (unpaired) electrons. The number of hydrogen-bond donors (Lipinski definition) is 12. The fourth-order valence-electron chi connectivity index (χ4n) is 10.5. The van der Waals surface area contributed by atoms with E-state index in [1.54, 1.807) is 6.08 Å². The fourth-order valence-corrected chi connectivity index (χ4v) is 10.5. The van der Waals surface area contributed by atoms with Gasteiger partial charge in [-0.25, -0.2) is 0 Å². The quantitative estimate of drug-likeness (QED) is 0.0242. The third-order valence-corrected chi connectivity index (χ3v) is 15.7. The molecule has 3 fully saturated rings. The minimum atomic E-state index is -1.98. The van der Waals surface area contributed by atoms with Crippen LogP contribution in [0.2, 0.25) is 0 Å². The van der Waals surface area contributed by atoms with E-state index < -0.39 is 124 Å². The summed E-state index contributed by atoms with van der Waals surface area (Å²) in [7, 11) is 0. The molecular formula is C61H111NO18. The van der Waals surface area contributed by atoms with Crippen molar-refractivity contribution in [1.82, 2.24) is 5.32 Å². The molecule has 0 aliphatic carbocycles. The molecule has 17 atom stereocenters. The van der Waals surface area contributed by atoms with Crippen LogP contribution in [0.4, 0.5) is 0 Å². The van der Waals surface area contributed by atoms with Crippen molar-refractivity contribution in [2.45, 2.75) is 317 Å². The lowest BCUT2D eigenvalue weighted by atomic mass is 9.96. The Balaban J connectivity index is 1.50. The Hall–Kier alpha value is -1.99. The molecule has 468 valence electrons. The molecule has 19 nitrogen and oxygen atoms in total. The number of unbranched alkanes of at least 4 members (excludes halogenated alkanes) is 26. The van der Waals surface area contributed by atoms with Crippen molar-refractivity contribution in [3.8, 4) is 0 Å². The van der Waals surface area contributed by atoms with Crippen LogP contribution in [0.1, 0.15) is 213 Å². The Bertz CT molecular complexity index is 1600. The molecule has 0 spiro atoms. The van der Waals surface area contributed by atoms with Crippen LogP contribution in [0.5, 0.6) is 0 Å². The minimum absolute atomic E-state index is 0.227. The monoisotopic (exact) mass is 1150 g/mol. The molecule has 1 amide bonds. The maximum atomic E-state index is 13.3. The summed E-state index contributed by atoms with van der Waals surface area (Å²) < 4.78 is 34.3. The molecule has 0 bridgehead atoms. The SMILES string of the molecule is CCCCC/C=C\C/C=C\CCCCCCCC(=O)NC(COC1OC(CO)C(OC2OC(CO)C(OC3OC(CO)C(O)C(O)C3O)C(O)C2O)C(O)C1O)C(O)/C=C/CCCCCCCCCCCCCCCCCCCC. The summed E-state index contributed by atoms with van der Waals surface area (Å²) in [6.07, 6.45) is 21.2. The number of ether oxygens (including phenoxy) is 6. The first kappa shape index (κ1) is 72.3. The van der Waals surface area contributed by atoms with E-state index in [1.165, 1.54) is 116 Å². The smallest absolute Gasteiger partial charge is 0.220 e. The van der Waals surface area contributed by atoms with E-state index in [1.807, 2.05) is 6.08 Å². The van der Waals surface area contributed by atoms with Gasteiger partial charge in [-0.1, -0.05) is 192 Å². The summed E-state index contributed by atoms with van der Waals surface area (Å²) in [5.41, 5.74) is 0. The summed E-state index contributed by atoms with van der Waals surface area (Å²) in [5.74, 6) is -0.290. The van der Waals surface area contributed by atoms with Crippen LogP contribution >= 0.6 is 0 Å². The maximum Gasteiger partial charge on any atom is 0.220 e. The van der Waals surface area contributed by atoms with Crippen molar-refractivity contribution in [1.29, 1.82) is 0 Å². The summed E-state index contributed by atoms with van der Waals surface area (Å²) in [5, 5.41) is 120. The second-order valence-electron chi connectivity index (χ2n) is 22.5. The van der Waals surface area contributed by atoms with Crippen LogP contribution in [-0.4, -0.2) is 193 Å². The van der Waals surface area contributed by atoms with Crippen molar-refractivity contribution >= 4 is 5.91 Å². The van der Waals surface area contributed by atoms with Gasteiger partial charge in [-0.15, -0.1) is 0 Å². The van der Waals surface area contributed by atoms with Crippen LogP contribution in [-0.2, 0) is 33.2 Å². The van der Waals surface area contributed by atoms with Gasteiger partial charge < -0.3 is 89.9 Å². The molecule has 0 aromatic rings. The minimum Gasteiger partial charge on any atom is -0.394 e. The van der Waals surface area contributed by atoms with E-state index in [9.17, 15) is 61.0 Å². The molecule has 0 saturated carbocycles. The van der Waals surface area contributed by atoms with E-state index in [0.717, 1.165) is 70.6 Å². The van der Waals surface area contributed by atoms with Gasteiger partial charge in [0, 0.05) is 6.42 Å². The molecule has 19 heteroatoms. The van der Waals surface area contributed by atoms with Gasteiger partial charge in [0.1, 0.15) is 73.2 Å². The molecule has 3 rings (SSSR count). The highest BCUT2D eigenvalue weighted by atomic mass is 16.8. The van der Waals surface area contributed by atoms with Crippen LogP contribution in [0.3, 0.4) is 0 Å². The van der Waals surface area contributed by atoms with Gasteiger partial charge in [-0.2, -0.15) is 0 Å². The largest absolute Gasteiger partial charge is 0.394 e. The van der Waals surface area contributed by atoms with Crippen LogP contribution in [0.25, 0.3) is 0 Å². The third kappa shape index (κ3) is 27.8. The molecule has 17 unspecified atom stereocenters. The molecular weight excluding hydrogens is 1030 g/mol. The molecule has 0 aromatic heterocycles. The average Bonchev–Trinajstić information content (AvgIpc) is 3.50. The van der Waals surface area contributed by atoms with Gasteiger partial charge >= 0.3 is 0 Å². The Kier molecular flexibility index (Phi) is 40.2. The lowest BCUT2D eigenvalue weighted by Gasteiger charge is -2.48. The fraction of sp³-hybridized carbons (Fsp3) is 0.885. The first-order chi connectivity index (χ1) is 38.8. The molecule has 3 heterocycles. The molecule has 80 heavy (non-hydrogen) atoms. The number of aliphatic hydroxyl groups is 11. The first-order valence-corrected chi connectivity index (χ1v) is 31.2. The van der Waals surface area contributed by atoms with Crippen molar-refractivity contribution in [3.63, 3.8) is 0 Å². The lowest BCUT2D eigenvalue weighted by molar-refractivity contribution is -0.379. The summed E-state index contributed by atoms with van der Waals surface area (Å²) >= 11 is 0. The average molecular weight is 1150 g/mol. The lowest BCUT2D eigenvalue weighted by Crippen LogP contribution is -2.66. The predicted molar refractivity (Wildman–Crippen MR) is 305 cm³/mol.